The van der Waals surface area contributed by atoms with Crippen molar-refractivity contribution in [1.29, 1.82) is 0 Å². The maximum Gasteiger partial charge on any atom is 0.0710 e. The summed E-state index contributed by atoms with van der Waals surface area (Å²) in [6, 6.07) is 65.4. The molecule has 0 saturated heterocycles. The first-order chi connectivity index (χ1) is 24.8. The maximum absolute atomic E-state index is 5.14. The molecule has 10 aromatic rings. The summed E-state index contributed by atoms with van der Waals surface area (Å²) in [4.78, 5) is 5.14. The SMILES string of the molecule is c1ccc(-c2ccc(-c3cccc(-c4cccc(-n5c6ccccc6c6cc(-c7cccc8c7sc7ccccc78)ccc65)c4)n3)cc2)cc1. The lowest BCUT2D eigenvalue weighted by molar-refractivity contribution is 1.18. The summed E-state index contributed by atoms with van der Waals surface area (Å²) in [5.41, 5.74) is 12.5. The second-order valence-electron chi connectivity index (χ2n) is 12.8. The van der Waals surface area contributed by atoms with Gasteiger partial charge in [-0.15, -0.1) is 11.3 Å². The van der Waals surface area contributed by atoms with Crippen LogP contribution in [-0.4, -0.2) is 9.55 Å². The van der Waals surface area contributed by atoms with Crippen molar-refractivity contribution in [2.24, 2.45) is 0 Å². The number of pyridine rings is 1. The second-order valence-corrected chi connectivity index (χ2v) is 13.8. The monoisotopic (exact) mass is 654 g/mol. The number of aromatic nitrogens is 2. The zero-order chi connectivity index (χ0) is 33.0. The van der Waals surface area contributed by atoms with Crippen molar-refractivity contribution in [3.8, 4) is 50.5 Å². The number of thiophene rings is 1. The van der Waals surface area contributed by atoms with Crippen molar-refractivity contribution in [2.45, 2.75) is 0 Å². The molecule has 0 N–H and O–H groups in total. The van der Waals surface area contributed by atoms with E-state index >= 15 is 0 Å². The van der Waals surface area contributed by atoms with Crippen LogP contribution in [0.3, 0.4) is 0 Å². The zero-order valence-electron chi connectivity index (χ0n) is 27.1. The average molecular weight is 655 g/mol. The van der Waals surface area contributed by atoms with E-state index in [-0.39, 0.29) is 0 Å². The fraction of sp³-hybridized carbons (Fsp3) is 0. The van der Waals surface area contributed by atoms with Gasteiger partial charge in [-0.3, -0.25) is 0 Å². The van der Waals surface area contributed by atoms with Crippen LogP contribution >= 0.6 is 11.3 Å². The summed E-state index contributed by atoms with van der Waals surface area (Å²) >= 11 is 1.88. The van der Waals surface area contributed by atoms with Gasteiger partial charge in [-0.2, -0.15) is 0 Å². The third kappa shape index (κ3) is 4.74. The van der Waals surface area contributed by atoms with Gasteiger partial charge in [0.15, 0.2) is 0 Å². The van der Waals surface area contributed by atoms with Crippen LogP contribution in [0.15, 0.2) is 182 Å². The molecule has 0 atom stereocenters. The Hall–Kier alpha value is -6.29. The summed E-state index contributed by atoms with van der Waals surface area (Å²) in [6.07, 6.45) is 0. The van der Waals surface area contributed by atoms with Crippen molar-refractivity contribution in [3.05, 3.63) is 182 Å². The lowest BCUT2D eigenvalue weighted by atomic mass is 10.0. The highest BCUT2D eigenvalue weighted by Gasteiger charge is 2.16. The lowest BCUT2D eigenvalue weighted by Gasteiger charge is -2.11. The van der Waals surface area contributed by atoms with Crippen LogP contribution in [0, 0.1) is 0 Å². The minimum atomic E-state index is 0.955. The summed E-state index contributed by atoms with van der Waals surface area (Å²) in [7, 11) is 0. The van der Waals surface area contributed by atoms with Crippen LogP contribution in [0.1, 0.15) is 0 Å². The van der Waals surface area contributed by atoms with E-state index in [0.29, 0.717) is 0 Å². The molecule has 0 aliphatic heterocycles. The number of fused-ring (bicyclic) bond motifs is 6. The van der Waals surface area contributed by atoms with Gasteiger partial charge in [-0.25, -0.2) is 4.98 Å². The minimum Gasteiger partial charge on any atom is -0.309 e. The molecule has 0 aliphatic carbocycles. The molecule has 3 heteroatoms. The van der Waals surface area contributed by atoms with E-state index in [9.17, 15) is 0 Å². The fourth-order valence-electron chi connectivity index (χ4n) is 7.42. The van der Waals surface area contributed by atoms with Crippen LogP contribution in [0.2, 0.25) is 0 Å². The molecule has 2 nitrogen and oxygen atoms in total. The van der Waals surface area contributed by atoms with Crippen molar-refractivity contribution in [2.75, 3.05) is 0 Å². The summed E-state index contributed by atoms with van der Waals surface area (Å²) in [5, 5.41) is 5.15. The van der Waals surface area contributed by atoms with Crippen LogP contribution in [0.4, 0.5) is 0 Å². The van der Waals surface area contributed by atoms with Gasteiger partial charge in [0.2, 0.25) is 0 Å². The summed E-state index contributed by atoms with van der Waals surface area (Å²) in [6.45, 7) is 0. The van der Waals surface area contributed by atoms with Gasteiger partial charge in [0.25, 0.3) is 0 Å². The van der Waals surface area contributed by atoms with Crippen LogP contribution in [0.5, 0.6) is 0 Å². The third-order valence-corrected chi connectivity index (χ3v) is 11.0. The van der Waals surface area contributed by atoms with Gasteiger partial charge in [0, 0.05) is 47.8 Å². The van der Waals surface area contributed by atoms with Crippen LogP contribution in [-0.2, 0) is 0 Å². The predicted molar refractivity (Wildman–Crippen MR) is 213 cm³/mol. The van der Waals surface area contributed by atoms with E-state index in [1.165, 1.54) is 64.2 Å². The fourth-order valence-corrected chi connectivity index (χ4v) is 8.66. The molecule has 0 unspecified atom stereocenters. The predicted octanol–water partition coefficient (Wildman–Crippen LogP) is 13.2. The van der Waals surface area contributed by atoms with Gasteiger partial charge < -0.3 is 4.57 Å². The number of nitrogens with zero attached hydrogens (tertiary/aromatic N) is 2. The lowest BCUT2D eigenvalue weighted by Crippen LogP contribution is -1.95. The Balaban J connectivity index is 1.06. The molecule has 0 bridgehead atoms. The largest absolute Gasteiger partial charge is 0.309 e. The normalized spacial score (nSPS) is 11.6. The van der Waals surface area contributed by atoms with E-state index in [1.54, 1.807) is 0 Å². The Morgan fingerprint density at radius 1 is 0.380 bits per heavy atom. The molecule has 0 fully saturated rings. The number of rotatable bonds is 5. The smallest absolute Gasteiger partial charge is 0.0710 e. The molecule has 3 aromatic heterocycles. The number of hydrogen-bond donors (Lipinski definition) is 0. The first-order valence-electron chi connectivity index (χ1n) is 17.0. The summed E-state index contributed by atoms with van der Waals surface area (Å²) < 4.78 is 5.06. The molecule has 0 radical (unpaired) electrons. The topological polar surface area (TPSA) is 17.8 Å². The Morgan fingerprint density at radius 3 is 1.88 bits per heavy atom. The number of para-hydroxylation sites is 1. The molecule has 50 heavy (non-hydrogen) atoms. The van der Waals surface area contributed by atoms with Gasteiger partial charge in [0.05, 0.1) is 22.4 Å². The quantitative estimate of drug-likeness (QED) is 0.181. The highest BCUT2D eigenvalue weighted by molar-refractivity contribution is 7.26. The molecule has 10 rings (SSSR count). The Labute approximate surface area is 294 Å². The Bertz CT molecular complexity index is 2860. The van der Waals surface area contributed by atoms with E-state index in [4.69, 9.17) is 4.98 Å². The van der Waals surface area contributed by atoms with Gasteiger partial charge in [0.1, 0.15) is 0 Å². The Kier molecular flexibility index (Phi) is 6.71. The van der Waals surface area contributed by atoms with Gasteiger partial charge in [-0.1, -0.05) is 133 Å². The molecule has 0 amide bonds. The van der Waals surface area contributed by atoms with E-state index in [2.05, 4.69) is 180 Å². The highest BCUT2D eigenvalue weighted by atomic mass is 32.1. The third-order valence-electron chi connectivity index (χ3n) is 9.82. The molecule has 3 heterocycles. The Morgan fingerprint density at radius 2 is 1.00 bits per heavy atom. The highest BCUT2D eigenvalue weighted by Crippen LogP contribution is 2.42. The molecule has 0 spiro atoms. The molecule has 234 valence electrons. The van der Waals surface area contributed by atoms with Crippen molar-refractivity contribution >= 4 is 53.3 Å². The molecule has 7 aromatic carbocycles. The zero-order valence-corrected chi connectivity index (χ0v) is 27.9. The second kappa shape index (κ2) is 11.7. The van der Waals surface area contributed by atoms with Gasteiger partial charge >= 0.3 is 0 Å². The maximum atomic E-state index is 5.14. The first kappa shape index (κ1) is 28.7. The van der Waals surface area contributed by atoms with E-state index in [0.717, 1.165) is 28.2 Å². The molecular formula is C47H30N2S. The van der Waals surface area contributed by atoms with Crippen LogP contribution < -0.4 is 0 Å². The number of hydrogen-bond acceptors (Lipinski definition) is 2. The van der Waals surface area contributed by atoms with E-state index < -0.39 is 0 Å². The first-order valence-corrected chi connectivity index (χ1v) is 17.8. The standard InChI is InChI=1S/C47H30N2S/c1-2-11-31(12-3-1)32-23-25-33(26-24-32)42-19-10-20-43(48-42)35-13-8-14-36(29-35)49-44-21-6-4-15-38(44)41-30-34(27-28-45(41)49)37-17-9-18-40-39-16-5-7-22-46(39)50-47(37)40/h1-30H. The molecule has 0 saturated carbocycles. The average Bonchev–Trinajstić information content (AvgIpc) is 3.74. The van der Waals surface area contributed by atoms with Crippen LogP contribution in [0.25, 0.3) is 92.4 Å². The minimum absolute atomic E-state index is 0.955. The number of benzene rings is 7. The summed E-state index contributed by atoms with van der Waals surface area (Å²) in [5.74, 6) is 0. The van der Waals surface area contributed by atoms with Gasteiger partial charge in [-0.05, 0) is 70.8 Å². The van der Waals surface area contributed by atoms with Crippen molar-refractivity contribution in [3.63, 3.8) is 0 Å². The molecular weight excluding hydrogens is 625 g/mol. The molecule has 0 aliphatic rings. The van der Waals surface area contributed by atoms with Crippen molar-refractivity contribution in [1.82, 2.24) is 9.55 Å². The van der Waals surface area contributed by atoms with E-state index in [1.807, 2.05) is 17.4 Å². The van der Waals surface area contributed by atoms with Crippen molar-refractivity contribution < 1.29 is 0 Å².